The van der Waals surface area contributed by atoms with Crippen molar-refractivity contribution in [3.05, 3.63) is 62.5 Å². The van der Waals surface area contributed by atoms with Crippen molar-refractivity contribution >= 4 is 34.8 Å². The summed E-state index contributed by atoms with van der Waals surface area (Å²) in [5, 5.41) is 17.5. The van der Waals surface area contributed by atoms with Crippen molar-refractivity contribution in [2.75, 3.05) is 26.2 Å². The zero-order valence-corrected chi connectivity index (χ0v) is 17.2. The Morgan fingerprint density at radius 3 is 2.93 bits per heavy atom. The Morgan fingerprint density at radius 1 is 1.34 bits per heavy atom. The number of fused-ring (bicyclic) bond motifs is 1. The average molecular weight is 434 g/mol. The van der Waals surface area contributed by atoms with E-state index in [0.29, 0.717) is 53.8 Å². The summed E-state index contributed by atoms with van der Waals surface area (Å²) in [5.74, 6) is -0.107. The Kier molecular flexibility index (Phi) is 5.63. The van der Waals surface area contributed by atoms with E-state index in [1.165, 1.54) is 0 Å². The predicted octanol–water partition coefficient (Wildman–Crippen LogP) is 2.43. The lowest BCUT2D eigenvalue weighted by atomic mass is 9.96. The van der Waals surface area contributed by atoms with Crippen LogP contribution in [0.15, 0.2) is 40.7 Å². The van der Waals surface area contributed by atoms with E-state index in [0.717, 1.165) is 22.5 Å². The van der Waals surface area contributed by atoms with Gasteiger partial charge in [-0.3, -0.25) is 14.9 Å². The van der Waals surface area contributed by atoms with E-state index in [1.54, 1.807) is 29.3 Å². The molecule has 9 heteroatoms. The van der Waals surface area contributed by atoms with E-state index in [-0.39, 0.29) is 18.4 Å². The van der Waals surface area contributed by atoms with Gasteiger partial charge in [0.2, 0.25) is 0 Å². The van der Waals surface area contributed by atoms with Crippen LogP contribution in [-0.2, 0) is 6.42 Å². The van der Waals surface area contributed by atoms with E-state index in [1.807, 2.05) is 0 Å². The van der Waals surface area contributed by atoms with Gasteiger partial charge in [0, 0.05) is 55.4 Å². The first-order valence-electron chi connectivity index (χ1n) is 9.38. The Morgan fingerprint density at radius 2 is 2.17 bits per heavy atom. The molecule has 0 bridgehead atoms. The number of rotatable bonds is 3. The third kappa shape index (κ3) is 3.90. The van der Waals surface area contributed by atoms with E-state index in [4.69, 9.17) is 33.9 Å². The van der Waals surface area contributed by atoms with Gasteiger partial charge in [-0.15, -0.1) is 0 Å². The molecule has 2 aliphatic rings. The first-order valence-corrected chi connectivity index (χ1v) is 10.1. The molecule has 152 valence electrons. The summed E-state index contributed by atoms with van der Waals surface area (Å²) in [6.45, 7) is 1.40. The molecule has 1 unspecified atom stereocenters. The molecule has 2 aliphatic heterocycles. The number of nitrogens with two attached hydrogens (primary N) is 1. The number of amides is 1. The molecule has 1 aromatic heterocycles. The number of benzene rings is 1. The molecule has 1 aromatic carbocycles. The summed E-state index contributed by atoms with van der Waals surface area (Å²) >= 11 is 12.0. The minimum atomic E-state index is -0.138. The molecule has 2 aromatic rings. The first-order chi connectivity index (χ1) is 14.0. The van der Waals surface area contributed by atoms with Gasteiger partial charge in [0.05, 0.1) is 27.6 Å². The van der Waals surface area contributed by atoms with Gasteiger partial charge in [0.1, 0.15) is 0 Å². The Bertz CT molecular complexity index is 1010. The maximum atomic E-state index is 13.0. The molecule has 1 amide bonds. The molecule has 0 spiro atoms. The number of nitrogens with zero attached hydrogens (tertiary/aromatic N) is 3. The lowest BCUT2D eigenvalue weighted by molar-refractivity contribution is 0.0766. The molecule has 4 rings (SSSR count). The van der Waals surface area contributed by atoms with Crippen LogP contribution in [0, 0.1) is 5.92 Å². The fraction of sp³-hybridized carbons (Fsp3) is 0.350. The molecule has 0 fully saturated rings. The minimum absolute atomic E-state index is 0.0307. The Labute approximate surface area is 178 Å². The lowest BCUT2D eigenvalue weighted by Crippen LogP contribution is -2.40. The number of carbonyl (C=O) groups excluding carboxylic acids is 1. The van der Waals surface area contributed by atoms with Gasteiger partial charge in [0.15, 0.2) is 0 Å². The standard InChI is InChI=1S/C20H21Cl2N5O2/c21-15-2-1-12(6-16(15)22)20(29)27-4-3-17(23)14(9-27)19-18-13(8-25-26-18)5-11(10-28)7-24-19/h1-2,6,8,11,28H,3-5,7,9-10,23H2,(H,25,26). The molecule has 0 radical (unpaired) electrons. The van der Waals surface area contributed by atoms with Crippen molar-refractivity contribution in [1.29, 1.82) is 0 Å². The second-order valence-electron chi connectivity index (χ2n) is 7.32. The van der Waals surface area contributed by atoms with Crippen LogP contribution >= 0.6 is 23.2 Å². The van der Waals surface area contributed by atoms with Crippen molar-refractivity contribution in [1.82, 2.24) is 15.1 Å². The number of aliphatic hydroxyl groups is 1. The monoisotopic (exact) mass is 433 g/mol. The highest BCUT2D eigenvalue weighted by Gasteiger charge is 2.29. The van der Waals surface area contributed by atoms with Crippen LogP contribution < -0.4 is 5.73 Å². The molecular weight excluding hydrogens is 413 g/mol. The number of hydrogen-bond donors (Lipinski definition) is 3. The third-order valence-corrected chi connectivity index (χ3v) is 6.10. The molecule has 0 saturated carbocycles. The zero-order chi connectivity index (χ0) is 20.5. The summed E-state index contributed by atoms with van der Waals surface area (Å²) < 4.78 is 0. The maximum absolute atomic E-state index is 13.0. The van der Waals surface area contributed by atoms with Gasteiger partial charge in [0.25, 0.3) is 5.91 Å². The van der Waals surface area contributed by atoms with Gasteiger partial charge in [-0.05, 0) is 30.2 Å². The molecule has 7 nitrogen and oxygen atoms in total. The van der Waals surface area contributed by atoms with Crippen LogP contribution in [0.5, 0.6) is 0 Å². The number of aromatic nitrogens is 2. The van der Waals surface area contributed by atoms with E-state index < -0.39 is 0 Å². The summed E-state index contributed by atoms with van der Waals surface area (Å²) in [4.78, 5) is 19.5. The van der Waals surface area contributed by atoms with Crippen molar-refractivity contribution in [3.63, 3.8) is 0 Å². The van der Waals surface area contributed by atoms with Gasteiger partial charge in [-0.25, -0.2) is 0 Å². The SMILES string of the molecule is NC1=C(C2=NCC(CO)Cc3cn[nH]c32)CN(C(=O)c2ccc(Cl)c(Cl)c2)CC1. The molecule has 3 heterocycles. The maximum Gasteiger partial charge on any atom is 0.254 e. The summed E-state index contributed by atoms with van der Waals surface area (Å²) in [5.41, 5.74) is 10.9. The summed E-state index contributed by atoms with van der Waals surface area (Å²) in [7, 11) is 0. The molecule has 29 heavy (non-hydrogen) atoms. The lowest BCUT2D eigenvalue weighted by Gasteiger charge is -2.30. The van der Waals surface area contributed by atoms with Crippen molar-refractivity contribution in [2.24, 2.45) is 16.6 Å². The number of aliphatic hydroxyl groups excluding tert-OH is 1. The largest absolute Gasteiger partial charge is 0.402 e. The molecule has 0 saturated heterocycles. The molecular formula is C20H21Cl2N5O2. The normalized spacial score (nSPS) is 19.6. The van der Waals surface area contributed by atoms with Crippen LogP contribution in [0.4, 0.5) is 0 Å². The fourth-order valence-corrected chi connectivity index (χ4v) is 4.00. The number of carbonyl (C=O) groups is 1. The molecule has 1 atom stereocenters. The number of aromatic amines is 1. The summed E-state index contributed by atoms with van der Waals surface area (Å²) in [6.07, 6.45) is 3.00. The van der Waals surface area contributed by atoms with Gasteiger partial charge < -0.3 is 15.7 Å². The van der Waals surface area contributed by atoms with E-state index >= 15 is 0 Å². The van der Waals surface area contributed by atoms with Gasteiger partial charge >= 0.3 is 0 Å². The van der Waals surface area contributed by atoms with Crippen LogP contribution in [0.3, 0.4) is 0 Å². The van der Waals surface area contributed by atoms with Crippen LogP contribution in [0.2, 0.25) is 10.0 Å². The zero-order valence-electron chi connectivity index (χ0n) is 15.7. The van der Waals surface area contributed by atoms with E-state index in [2.05, 4.69) is 10.2 Å². The average Bonchev–Trinajstić information content (AvgIpc) is 3.10. The minimum Gasteiger partial charge on any atom is -0.402 e. The highest BCUT2D eigenvalue weighted by Crippen LogP contribution is 2.27. The predicted molar refractivity (Wildman–Crippen MR) is 112 cm³/mol. The number of hydrogen-bond acceptors (Lipinski definition) is 5. The van der Waals surface area contributed by atoms with Gasteiger partial charge in [-0.2, -0.15) is 5.10 Å². The number of halogens is 2. The topological polar surface area (TPSA) is 108 Å². The first kappa shape index (κ1) is 19.9. The fourth-order valence-electron chi connectivity index (χ4n) is 3.70. The van der Waals surface area contributed by atoms with Crippen molar-refractivity contribution in [2.45, 2.75) is 12.8 Å². The number of aliphatic imine (C=N–C) groups is 1. The highest BCUT2D eigenvalue weighted by molar-refractivity contribution is 6.42. The third-order valence-electron chi connectivity index (χ3n) is 5.36. The van der Waals surface area contributed by atoms with E-state index in [9.17, 15) is 9.90 Å². The second kappa shape index (κ2) is 8.18. The van der Waals surface area contributed by atoms with Crippen LogP contribution in [0.25, 0.3) is 0 Å². The second-order valence-corrected chi connectivity index (χ2v) is 8.14. The Hall–Kier alpha value is -2.35. The Balaban J connectivity index is 1.64. The smallest absolute Gasteiger partial charge is 0.254 e. The number of nitrogens with one attached hydrogen (secondary N) is 1. The number of H-pyrrole nitrogens is 1. The van der Waals surface area contributed by atoms with Crippen LogP contribution in [0.1, 0.15) is 28.0 Å². The van der Waals surface area contributed by atoms with Crippen molar-refractivity contribution < 1.29 is 9.90 Å². The molecule has 4 N–H and O–H groups in total. The van der Waals surface area contributed by atoms with Crippen LogP contribution in [-0.4, -0.2) is 58.1 Å². The van der Waals surface area contributed by atoms with Gasteiger partial charge in [-0.1, -0.05) is 23.2 Å². The molecule has 0 aliphatic carbocycles. The quantitative estimate of drug-likeness (QED) is 0.690. The van der Waals surface area contributed by atoms with Crippen molar-refractivity contribution in [3.8, 4) is 0 Å². The summed E-state index contributed by atoms with van der Waals surface area (Å²) in [6, 6.07) is 4.86. The highest BCUT2D eigenvalue weighted by atomic mass is 35.5.